The van der Waals surface area contributed by atoms with E-state index in [9.17, 15) is 10.2 Å². The molecule has 3 rings (SSSR count). The molecule has 0 aromatic rings. The topological polar surface area (TPSA) is 49.7 Å². The molecular weight excluding hydrogens is 368 g/mol. The van der Waals surface area contributed by atoms with Gasteiger partial charge in [0.1, 0.15) is 6.10 Å². The van der Waals surface area contributed by atoms with Crippen molar-refractivity contribution < 1.29 is 14.9 Å². The molecule has 134 valence electrons. The molecule has 1 saturated carbocycles. The molecule has 1 aliphatic heterocycles. The smallest absolute Gasteiger partial charge is 0.202 e. The minimum atomic E-state index is -1.37. The Hall–Kier alpha value is -0.420. The van der Waals surface area contributed by atoms with Crippen LogP contribution in [-0.4, -0.2) is 33.5 Å². The lowest BCUT2D eigenvalue weighted by Gasteiger charge is -2.46. The van der Waals surface area contributed by atoms with Gasteiger partial charge in [0, 0.05) is 5.57 Å². The summed E-state index contributed by atoms with van der Waals surface area (Å²) in [4.78, 5) is 0. The van der Waals surface area contributed by atoms with Gasteiger partial charge in [0.25, 0.3) is 0 Å². The Morgan fingerprint density at radius 3 is 2.46 bits per heavy atom. The van der Waals surface area contributed by atoms with E-state index < -0.39 is 11.9 Å². The zero-order valence-electron chi connectivity index (χ0n) is 14.9. The summed E-state index contributed by atoms with van der Waals surface area (Å²) in [5, 5.41) is 22.4. The van der Waals surface area contributed by atoms with E-state index in [-0.39, 0.29) is 11.5 Å². The van der Waals surface area contributed by atoms with Crippen molar-refractivity contribution in [2.75, 3.05) is 5.33 Å². The lowest BCUT2D eigenvalue weighted by Crippen LogP contribution is -2.50. The molecule has 0 bridgehead atoms. The molecule has 1 fully saturated rings. The lowest BCUT2D eigenvalue weighted by molar-refractivity contribution is -0.217. The van der Waals surface area contributed by atoms with E-state index in [4.69, 9.17) is 4.74 Å². The van der Waals surface area contributed by atoms with Crippen molar-refractivity contribution in [3.63, 3.8) is 0 Å². The maximum absolute atomic E-state index is 11.1. The predicted octanol–water partition coefficient (Wildman–Crippen LogP) is 4.39. The second-order valence-corrected chi connectivity index (χ2v) is 8.95. The van der Waals surface area contributed by atoms with Gasteiger partial charge in [0.05, 0.1) is 11.4 Å². The van der Waals surface area contributed by atoms with Crippen LogP contribution in [-0.2, 0) is 4.74 Å². The minimum Gasteiger partial charge on any atom is -0.384 e. The Labute approximate surface area is 153 Å². The number of allylic oxidation sites excluding steroid dienone is 1. The third-order valence-electron chi connectivity index (χ3n) is 5.58. The first-order valence-electron chi connectivity index (χ1n) is 9.04. The van der Waals surface area contributed by atoms with Crippen LogP contribution in [0.2, 0.25) is 0 Å². The highest BCUT2D eigenvalue weighted by Crippen LogP contribution is 2.45. The first kappa shape index (κ1) is 18.4. The first-order chi connectivity index (χ1) is 11.3. The van der Waals surface area contributed by atoms with Crippen molar-refractivity contribution in [1.82, 2.24) is 0 Å². The third-order valence-corrected chi connectivity index (χ3v) is 6.34. The molecule has 0 aromatic heterocycles. The van der Waals surface area contributed by atoms with Crippen LogP contribution in [0.4, 0.5) is 0 Å². The normalized spacial score (nSPS) is 34.6. The van der Waals surface area contributed by atoms with Gasteiger partial charge < -0.3 is 14.9 Å². The maximum atomic E-state index is 11.1. The quantitative estimate of drug-likeness (QED) is 0.645. The summed E-state index contributed by atoms with van der Waals surface area (Å²) in [6.45, 7) is 6.34. The van der Waals surface area contributed by atoms with Crippen LogP contribution >= 0.6 is 15.9 Å². The van der Waals surface area contributed by atoms with Crippen molar-refractivity contribution in [3.8, 4) is 0 Å². The molecule has 3 nitrogen and oxygen atoms in total. The number of halogens is 1. The largest absolute Gasteiger partial charge is 0.384 e. The van der Waals surface area contributed by atoms with Crippen LogP contribution < -0.4 is 0 Å². The van der Waals surface area contributed by atoms with Gasteiger partial charge in [-0.1, -0.05) is 60.8 Å². The van der Waals surface area contributed by atoms with Crippen molar-refractivity contribution >= 4 is 15.9 Å². The molecule has 24 heavy (non-hydrogen) atoms. The standard InChI is InChI=1S/C20H29BrO3/c1-19(2,3)17-11-15-16(20(23,12-21)24-17)10-9-14(18(15)22)13-7-5-4-6-8-13/h9-10,17-18,22-23H,4-8,11-12H2,1-3H3/t17-,18?,20+/m0/s1. The van der Waals surface area contributed by atoms with Crippen molar-refractivity contribution in [1.29, 1.82) is 0 Å². The summed E-state index contributed by atoms with van der Waals surface area (Å²) >= 11 is 3.40. The Morgan fingerprint density at radius 2 is 1.88 bits per heavy atom. The number of hydrogen-bond donors (Lipinski definition) is 2. The summed E-state index contributed by atoms with van der Waals surface area (Å²) in [5.74, 6) is -1.37. The summed E-state index contributed by atoms with van der Waals surface area (Å²) in [6, 6.07) is 0. The monoisotopic (exact) mass is 396 g/mol. The minimum absolute atomic E-state index is 0.103. The zero-order chi connectivity index (χ0) is 17.5. The Bertz CT molecular complexity index is 588. The van der Waals surface area contributed by atoms with Gasteiger partial charge in [0.2, 0.25) is 5.79 Å². The Kier molecular flexibility index (Phi) is 5.14. The van der Waals surface area contributed by atoms with E-state index >= 15 is 0 Å². The van der Waals surface area contributed by atoms with Gasteiger partial charge in [0.15, 0.2) is 0 Å². The summed E-state index contributed by atoms with van der Waals surface area (Å²) < 4.78 is 6.06. The van der Waals surface area contributed by atoms with Crippen LogP contribution in [0.1, 0.15) is 59.3 Å². The second-order valence-electron chi connectivity index (χ2n) is 8.39. The highest BCUT2D eigenvalue weighted by molar-refractivity contribution is 9.09. The number of hydrogen-bond acceptors (Lipinski definition) is 3. The van der Waals surface area contributed by atoms with E-state index in [1.165, 1.54) is 24.8 Å². The Morgan fingerprint density at radius 1 is 1.21 bits per heavy atom. The SMILES string of the molecule is CC(C)(C)[C@@H]1CC2=C(C=CC(=C3CCCCC3)C2O)[C@@](O)(CBr)O1. The van der Waals surface area contributed by atoms with Crippen LogP contribution in [0.15, 0.2) is 34.4 Å². The van der Waals surface area contributed by atoms with E-state index in [0.29, 0.717) is 11.8 Å². The van der Waals surface area contributed by atoms with E-state index in [1.54, 1.807) is 0 Å². The predicted molar refractivity (Wildman–Crippen MR) is 100.0 cm³/mol. The van der Waals surface area contributed by atoms with Crippen LogP contribution in [0, 0.1) is 5.41 Å². The molecule has 3 atom stereocenters. The van der Waals surface area contributed by atoms with Crippen LogP contribution in [0.3, 0.4) is 0 Å². The van der Waals surface area contributed by atoms with Crippen LogP contribution in [0.25, 0.3) is 0 Å². The average Bonchev–Trinajstić information content (AvgIpc) is 2.55. The number of aliphatic hydroxyl groups is 2. The van der Waals surface area contributed by atoms with Crippen molar-refractivity contribution in [2.45, 2.75) is 77.3 Å². The molecule has 0 radical (unpaired) electrons. The summed E-state index contributed by atoms with van der Waals surface area (Å²) in [7, 11) is 0. The summed E-state index contributed by atoms with van der Waals surface area (Å²) in [6.07, 6.45) is 9.76. The van der Waals surface area contributed by atoms with E-state index in [2.05, 4.69) is 36.7 Å². The third kappa shape index (κ3) is 3.31. The van der Waals surface area contributed by atoms with Gasteiger partial charge in [-0.2, -0.15) is 0 Å². The fourth-order valence-electron chi connectivity index (χ4n) is 4.01. The maximum Gasteiger partial charge on any atom is 0.202 e. The lowest BCUT2D eigenvalue weighted by atomic mass is 9.75. The number of aliphatic hydroxyl groups excluding tert-OH is 1. The fraction of sp³-hybridized carbons (Fsp3) is 0.700. The van der Waals surface area contributed by atoms with Gasteiger partial charge >= 0.3 is 0 Å². The molecule has 0 amide bonds. The van der Waals surface area contributed by atoms with Gasteiger partial charge in [-0.3, -0.25) is 0 Å². The molecule has 3 aliphatic rings. The molecule has 0 aromatic carbocycles. The van der Waals surface area contributed by atoms with E-state index in [0.717, 1.165) is 29.6 Å². The molecule has 0 spiro atoms. The highest BCUT2D eigenvalue weighted by atomic mass is 79.9. The van der Waals surface area contributed by atoms with Crippen molar-refractivity contribution in [3.05, 3.63) is 34.4 Å². The molecule has 4 heteroatoms. The summed E-state index contributed by atoms with van der Waals surface area (Å²) in [5.41, 5.74) is 4.00. The van der Waals surface area contributed by atoms with Gasteiger partial charge in [-0.15, -0.1) is 0 Å². The molecule has 2 aliphatic carbocycles. The first-order valence-corrected chi connectivity index (χ1v) is 10.2. The van der Waals surface area contributed by atoms with Crippen molar-refractivity contribution in [2.24, 2.45) is 5.41 Å². The zero-order valence-corrected chi connectivity index (χ0v) is 16.5. The van der Waals surface area contributed by atoms with Gasteiger partial charge in [-0.05, 0) is 48.7 Å². The Balaban J connectivity index is 2.00. The molecule has 2 N–H and O–H groups in total. The number of rotatable bonds is 1. The molecule has 1 heterocycles. The number of alkyl halides is 1. The van der Waals surface area contributed by atoms with E-state index in [1.807, 2.05) is 12.2 Å². The number of ether oxygens (including phenoxy) is 1. The van der Waals surface area contributed by atoms with Crippen LogP contribution in [0.5, 0.6) is 0 Å². The molecule has 1 unspecified atom stereocenters. The van der Waals surface area contributed by atoms with Gasteiger partial charge in [-0.25, -0.2) is 0 Å². The molecular formula is C20H29BrO3. The highest BCUT2D eigenvalue weighted by Gasteiger charge is 2.46. The molecule has 0 saturated heterocycles. The average molecular weight is 397 g/mol. The second kappa shape index (κ2) is 6.71. The fourth-order valence-corrected chi connectivity index (χ4v) is 4.45.